The van der Waals surface area contributed by atoms with Crippen LogP contribution in [0.1, 0.15) is 25.8 Å². The zero-order chi connectivity index (χ0) is 15.8. The van der Waals surface area contributed by atoms with Gasteiger partial charge < -0.3 is 15.7 Å². The Hall–Kier alpha value is -1.75. The lowest BCUT2D eigenvalue weighted by Crippen LogP contribution is -2.45. The molecule has 0 radical (unpaired) electrons. The number of carbonyl (C=O) groups is 2. The fourth-order valence-corrected chi connectivity index (χ4v) is 1.96. The van der Waals surface area contributed by atoms with Crippen molar-refractivity contribution in [3.8, 4) is 0 Å². The third kappa shape index (κ3) is 6.99. The topological polar surface area (TPSA) is 78.4 Å². The Morgan fingerprint density at radius 3 is 2.38 bits per heavy atom. The molecule has 1 atom stereocenters. The SMILES string of the molecule is CC(C)C(CC(=O)O)NC(=O)NCCc1ccc(Cl)cc1. The lowest BCUT2D eigenvalue weighted by molar-refractivity contribution is -0.137. The van der Waals surface area contributed by atoms with Gasteiger partial charge in [0.2, 0.25) is 0 Å². The first-order valence-corrected chi connectivity index (χ1v) is 7.27. The monoisotopic (exact) mass is 312 g/mol. The highest BCUT2D eigenvalue weighted by atomic mass is 35.5. The van der Waals surface area contributed by atoms with Crippen LogP contribution in [0.5, 0.6) is 0 Å². The normalized spacial score (nSPS) is 12.0. The van der Waals surface area contributed by atoms with Crippen LogP contribution in [0.4, 0.5) is 4.79 Å². The number of halogens is 1. The highest BCUT2D eigenvalue weighted by Gasteiger charge is 2.18. The van der Waals surface area contributed by atoms with Gasteiger partial charge in [0.15, 0.2) is 0 Å². The summed E-state index contributed by atoms with van der Waals surface area (Å²) >= 11 is 5.80. The summed E-state index contributed by atoms with van der Waals surface area (Å²) < 4.78 is 0. The van der Waals surface area contributed by atoms with Crippen molar-refractivity contribution in [1.82, 2.24) is 10.6 Å². The number of hydrogen-bond acceptors (Lipinski definition) is 2. The van der Waals surface area contributed by atoms with Crippen molar-refractivity contribution >= 4 is 23.6 Å². The lowest BCUT2D eigenvalue weighted by Gasteiger charge is -2.20. The second-order valence-electron chi connectivity index (χ2n) is 5.23. The number of benzene rings is 1. The Balaban J connectivity index is 2.35. The predicted molar refractivity (Wildman–Crippen MR) is 82.6 cm³/mol. The summed E-state index contributed by atoms with van der Waals surface area (Å²) in [7, 11) is 0. The minimum absolute atomic E-state index is 0.0584. The van der Waals surface area contributed by atoms with E-state index in [4.69, 9.17) is 16.7 Å². The van der Waals surface area contributed by atoms with Gasteiger partial charge in [-0.05, 0) is 30.0 Å². The average Bonchev–Trinajstić information content (AvgIpc) is 2.39. The van der Waals surface area contributed by atoms with E-state index in [9.17, 15) is 9.59 Å². The van der Waals surface area contributed by atoms with E-state index in [1.807, 2.05) is 26.0 Å². The molecule has 0 fully saturated rings. The quantitative estimate of drug-likeness (QED) is 0.724. The van der Waals surface area contributed by atoms with Crippen molar-refractivity contribution in [3.63, 3.8) is 0 Å². The van der Waals surface area contributed by atoms with Gasteiger partial charge in [-0.3, -0.25) is 4.79 Å². The summed E-state index contributed by atoms with van der Waals surface area (Å²) in [6, 6.07) is 6.70. The molecule has 0 aliphatic rings. The molecule has 0 spiro atoms. The number of carboxylic acid groups (broad SMARTS) is 1. The maximum Gasteiger partial charge on any atom is 0.315 e. The van der Waals surface area contributed by atoms with Crippen molar-refractivity contribution in [3.05, 3.63) is 34.9 Å². The summed E-state index contributed by atoms with van der Waals surface area (Å²) in [6.07, 6.45) is 0.609. The smallest absolute Gasteiger partial charge is 0.315 e. The van der Waals surface area contributed by atoms with Crippen LogP contribution < -0.4 is 10.6 Å². The van der Waals surface area contributed by atoms with Crippen molar-refractivity contribution in [2.24, 2.45) is 5.92 Å². The van der Waals surface area contributed by atoms with Gasteiger partial charge in [0, 0.05) is 17.6 Å². The van der Waals surface area contributed by atoms with Gasteiger partial charge in [-0.15, -0.1) is 0 Å². The van der Waals surface area contributed by atoms with E-state index >= 15 is 0 Å². The second kappa shape index (κ2) is 8.52. The van der Waals surface area contributed by atoms with Gasteiger partial charge in [-0.2, -0.15) is 0 Å². The third-order valence-corrected chi connectivity index (χ3v) is 3.38. The molecule has 0 aliphatic heterocycles. The molecule has 3 N–H and O–H groups in total. The lowest BCUT2D eigenvalue weighted by atomic mass is 10.0. The summed E-state index contributed by atoms with van der Waals surface area (Å²) in [5.41, 5.74) is 1.07. The molecule has 0 bridgehead atoms. The van der Waals surface area contributed by atoms with Crippen LogP contribution in [-0.4, -0.2) is 29.7 Å². The van der Waals surface area contributed by atoms with Gasteiger partial charge in [0.05, 0.1) is 6.42 Å². The van der Waals surface area contributed by atoms with Crippen molar-refractivity contribution in [2.75, 3.05) is 6.54 Å². The summed E-state index contributed by atoms with van der Waals surface area (Å²) in [5.74, 6) is -0.863. The molecule has 21 heavy (non-hydrogen) atoms. The number of amides is 2. The van der Waals surface area contributed by atoms with E-state index in [0.29, 0.717) is 18.0 Å². The molecule has 2 amide bonds. The van der Waals surface area contributed by atoms with Crippen LogP contribution in [0.15, 0.2) is 24.3 Å². The molecule has 1 aromatic carbocycles. The second-order valence-corrected chi connectivity index (χ2v) is 5.66. The van der Waals surface area contributed by atoms with Crippen molar-refractivity contribution < 1.29 is 14.7 Å². The van der Waals surface area contributed by atoms with Crippen molar-refractivity contribution in [1.29, 1.82) is 0 Å². The van der Waals surface area contributed by atoms with Crippen LogP contribution >= 0.6 is 11.6 Å². The van der Waals surface area contributed by atoms with E-state index in [1.165, 1.54) is 0 Å². The molecule has 6 heteroatoms. The van der Waals surface area contributed by atoms with Crippen LogP contribution in [0.2, 0.25) is 5.02 Å². The highest BCUT2D eigenvalue weighted by Crippen LogP contribution is 2.09. The number of carboxylic acids is 1. The number of hydrogen-bond donors (Lipinski definition) is 3. The molecule has 5 nitrogen and oxygen atoms in total. The Labute approximate surface area is 129 Å². The molecule has 0 saturated heterocycles. The van der Waals surface area contributed by atoms with E-state index in [2.05, 4.69) is 10.6 Å². The zero-order valence-electron chi connectivity index (χ0n) is 12.2. The van der Waals surface area contributed by atoms with Crippen LogP contribution in [0.25, 0.3) is 0 Å². The molecule has 0 aliphatic carbocycles. The fourth-order valence-electron chi connectivity index (χ4n) is 1.83. The van der Waals surface area contributed by atoms with Gasteiger partial charge >= 0.3 is 12.0 Å². The standard InChI is InChI=1S/C15H21ClN2O3/c1-10(2)13(9-14(19)20)18-15(21)17-8-7-11-3-5-12(16)6-4-11/h3-6,10,13H,7-9H2,1-2H3,(H,19,20)(H2,17,18,21). The number of rotatable bonds is 7. The van der Waals surface area contributed by atoms with E-state index in [1.54, 1.807) is 12.1 Å². The Morgan fingerprint density at radius 2 is 1.86 bits per heavy atom. The number of urea groups is 1. The maximum atomic E-state index is 11.7. The van der Waals surface area contributed by atoms with Crippen LogP contribution in [0.3, 0.4) is 0 Å². The molecule has 0 heterocycles. The molecule has 116 valence electrons. The van der Waals surface area contributed by atoms with E-state index in [-0.39, 0.29) is 24.4 Å². The first kappa shape index (κ1) is 17.3. The Bertz CT molecular complexity index is 474. The van der Waals surface area contributed by atoms with E-state index < -0.39 is 5.97 Å². The Kier molecular flexibility index (Phi) is 7.02. The number of carbonyl (C=O) groups excluding carboxylic acids is 1. The predicted octanol–water partition coefficient (Wildman–Crippen LogP) is 2.68. The summed E-state index contributed by atoms with van der Waals surface area (Å²) in [5, 5.41) is 14.9. The molecule has 1 rings (SSSR count). The minimum atomic E-state index is -0.921. The maximum absolute atomic E-state index is 11.7. The molecule has 0 aromatic heterocycles. The Morgan fingerprint density at radius 1 is 1.24 bits per heavy atom. The average molecular weight is 313 g/mol. The molecule has 0 saturated carbocycles. The minimum Gasteiger partial charge on any atom is -0.481 e. The first-order chi connectivity index (χ1) is 9.88. The molecular formula is C15H21ClN2O3. The first-order valence-electron chi connectivity index (χ1n) is 6.89. The summed E-state index contributed by atoms with van der Waals surface area (Å²) in [4.78, 5) is 22.5. The zero-order valence-corrected chi connectivity index (χ0v) is 13.0. The van der Waals surface area contributed by atoms with Crippen LogP contribution in [0, 0.1) is 5.92 Å². The van der Waals surface area contributed by atoms with Crippen molar-refractivity contribution in [2.45, 2.75) is 32.7 Å². The van der Waals surface area contributed by atoms with Gasteiger partial charge in [0.1, 0.15) is 0 Å². The van der Waals surface area contributed by atoms with E-state index in [0.717, 1.165) is 5.56 Å². The van der Waals surface area contributed by atoms with Gasteiger partial charge in [-0.1, -0.05) is 37.6 Å². The molecule has 1 aromatic rings. The summed E-state index contributed by atoms with van der Waals surface area (Å²) in [6.45, 7) is 4.23. The molecular weight excluding hydrogens is 292 g/mol. The molecule has 1 unspecified atom stereocenters. The number of nitrogens with one attached hydrogen (secondary N) is 2. The van der Waals surface area contributed by atoms with Crippen LogP contribution in [-0.2, 0) is 11.2 Å². The third-order valence-electron chi connectivity index (χ3n) is 3.13. The van der Waals surface area contributed by atoms with Gasteiger partial charge in [0.25, 0.3) is 0 Å². The number of aliphatic carboxylic acids is 1. The fraction of sp³-hybridized carbons (Fsp3) is 0.467. The highest BCUT2D eigenvalue weighted by molar-refractivity contribution is 6.30. The largest absolute Gasteiger partial charge is 0.481 e. The van der Waals surface area contributed by atoms with Gasteiger partial charge in [-0.25, -0.2) is 4.79 Å².